The Labute approximate surface area is 221 Å². The van der Waals surface area contributed by atoms with Crippen molar-refractivity contribution in [2.45, 2.75) is 13.0 Å². The molecule has 2 aromatic carbocycles. The van der Waals surface area contributed by atoms with Gasteiger partial charge in [0, 0.05) is 0 Å². The summed E-state index contributed by atoms with van der Waals surface area (Å²) >= 11 is 0. The molecule has 0 saturated carbocycles. The van der Waals surface area contributed by atoms with Crippen LogP contribution in [0, 0.1) is 5.63 Å². The Balaban J connectivity index is 1.56. The number of nitrogens with one attached hydrogen (secondary N) is 1. The number of aromatic nitrogens is 1. The van der Waals surface area contributed by atoms with Crippen LogP contribution < -0.4 is 5.32 Å². The zero-order valence-electron chi connectivity index (χ0n) is 20.9. The molecule has 4 rings (SSSR count). The molecular formula is C28H27N4O5P. The van der Waals surface area contributed by atoms with E-state index in [0.717, 1.165) is 16.7 Å². The second-order valence-corrected chi connectivity index (χ2v) is 8.94. The quantitative estimate of drug-likeness (QED) is 0.482. The van der Waals surface area contributed by atoms with Crippen LogP contribution in [0.3, 0.4) is 0 Å². The predicted molar refractivity (Wildman–Crippen MR) is 143 cm³/mol. The fourth-order valence-electron chi connectivity index (χ4n) is 4.11. The first-order valence-corrected chi connectivity index (χ1v) is 13.0. The normalized spacial score (nSPS) is 13.7. The Kier molecular flexibility index (Phi) is 9.09. The third kappa shape index (κ3) is 6.57. The number of hydrogen-bond donors (Lipinski definition) is 1. The Bertz CT molecular complexity index is 1350. The van der Waals surface area contributed by atoms with E-state index < -0.39 is 31.9 Å². The Morgan fingerprint density at radius 3 is 2.13 bits per heavy atom. The number of benzene rings is 2. The van der Waals surface area contributed by atoms with E-state index in [1.54, 1.807) is 13.0 Å². The van der Waals surface area contributed by atoms with Crippen LogP contribution in [0.15, 0.2) is 72.8 Å². The van der Waals surface area contributed by atoms with Gasteiger partial charge < -0.3 is 0 Å². The molecule has 10 heteroatoms. The molecule has 0 aliphatic carbocycles. The fraction of sp³-hybridized carbons (Fsp3) is 0.250. The van der Waals surface area contributed by atoms with Gasteiger partial charge in [-0.05, 0) is 0 Å². The standard InChI is InChI=1S/C28H27N4O5P/c1-2-37-28(35)32-15-13-31(14-16-32)27(34)25(19-38-36)30-26(33)24-18-22(20-9-5-3-6-10-20)17-23(29-24)21-11-7-4-8-12-21/h3-12,17-18,25H,2,13-16H2,1H3,(H,30,33)/t25-/m0/s1. The summed E-state index contributed by atoms with van der Waals surface area (Å²) in [5.41, 5.74) is 5.73. The van der Waals surface area contributed by atoms with Gasteiger partial charge in [0.1, 0.15) is 0 Å². The molecular weight excluding hydrogens is 503 g/mol. The number of pyridine rings is 1. The molecule has 1 aliphatic heterocycles. The molecule has 0 radical (unpaired) electrons. The van der Waals surface area contributed by atoms with Crippen LogP contribution in [0.25, 0.3) is 22.4 Å². The number of ether oxygens (including phenoxy) is 1. The maximum absolute atomic E-state index is 13.3. The van der Waals surface area contributed by atoms with Crippen molar-refractivity contribution < 1.29 is 23.7 Å². The summed E-state index contributed by atoms with van der Waals surface area (Å²) in [6.45, 7) is 3.08. The molecule has 0 unspecified atom stereocenters. The van der Waals surface area contributed by atoms with Crippen LogP contribution >= 0.6 is 7.92 Å². The third-order valence-electron chi connectivity index (χ3n) is 6.06. The van der Waals surface area contributed by atoms with Gasteiger partial charge >= 0.3 is 222 Å². The number of piperazine rings is 1. The third-order valence-corrected chi connectivity index (χ3v) is 6.42. The molecule has 2 heterocycles. The Hall–Kier alpha value is -4.19. The fourth-order valence-corrected chi connectivity index (χ4v) is 4.40. The molecule has 38 heavy (non-hydrogen) atoms. The van der Waals surface area contributed by atoms with Crippen LogP contribution in [0.5, 0.6) is 0 Å². The van der Waals surface area contributed by atoms with Crippen molar-refractivity contribution in [1.82, 2.24) is 20.1 Å². The molecule has 1 aromatic heterocycles. The Morgan fingerprint density at radius 1 is 0.921 bits per heavy atom. The number of hydrogen-bond acceptors (Lipinski definition) is 6. The van der Waals surface area contributed by atoms with Crippen LogP contribution in [-0.4, -0.2) is 71.5 Å². The van der Waals surface area contributed by atoms with Gasteiger partial charge in [-0.2, -0.15) is 0 Å². The van der Waals surface area contributed by atoms with E-state index in [0.29, 0.717) is 18.8 Å². The summed E-state index contributed by atoms with van der Waals surface area (Å²) in [5, 5.41) is 2.63. The summed E-state index contributed by atoms with van der Waals surface area (Å²) < 4.78 is 16.4. The van der Waals surface area contributed by atoms with Crippen LogP contribution in [0.4, 0.5) is 4.79 Å². The molecule has 9 nitrogen and oxygen atoms in total. The van der Waals surface area contributed by atoms with Gasteiger partial charge in [0.05, 0.1) is 0 Å². The zero-order valence-corrected chi connectivity index (χ0v) is 21.8. The SMILES string of the molecule is CCOC(=O)N1CCN(C(=O)[C@H](C#P=O)NC(=O)c2cc(-c3ccccc3)cc(-c3ccccc3)n2)CC1. The molecule has 0 spiro atoms. The zero-order chi connectivity index (χ0) is 26.9. The van der Waals surface area contributed by atoms with E-state index in [2.05, 4.69) is 15.9 Å². The van der Waals surface area contributed by atoms with Gasteiger partial charge in [-0.15, -0.1) is 0 Å². The van der Waals surface area contributed by atoms with Gasteiger partial charge in [-0.25, -0.2) is 0 Å². The van der Waals surface area contributed by atoms with Crippen LogP contribution in [-0.2, 0) is 14.1 Å². The van der Waals surface area contributed by atoms with Gasteiger partial charge in [0.25, 0.3) is 0 Å². The van der Waals surface area contributed by atoms with Gasteiger partial charge in [-0.1, -0.05) is 0 Å². The van der Waals surface area contributed by atoms with Gasteiger partial charge in [-0.3, -0.25) is 0 Å². The average Bonchev–Trinajstić information content (AvgIpc) is 2.97. The van der Waals surface area contributed by atoms with Crippen molar-refractivity contribution in [1.29, 1.82) is 0 Å². The van der Waals surface area contributed by atoms with Gasteiger partial charge in [0.2, 0.25) is 0 Å². The Morgan fingerprint density at radius 2 is 1.53 bits per heavy atom. The van der Waals surface area contributed by atoms with Crippen molar-refractivity contribution in [2.75, 3.05) is 32.8 Å². The first-order valence-electron chi connectivity index (χ1n) is 12.2. The van der Waals surface area contributed by atoms with E-state index >= 15 is 0 Å². The topological polar surface area (TPSA) is 109 Å². The predicted octanol–water partition coefficient (Wildman–Crippen LogP) is 4.07. The van der Waals surface area contributed by atoms with E-state index in [1.807, 2.05) is 66.7 Å². The van der Waals surface area contributed by atoms with Crippen molar-refractivity contribution >= 4 is 25.8 Å². The molecule has 3 amide bonds. The summed E-state index contributed by atoms with van der Waals surface area (Å²) in [5.74, 6) is -1.06. The summed E-state index contributed by atoms with van der Waals surface area (Å²) in [6.07, 6.45) is -0.431. The number of nitrogens with zero attached hydrogens (tertiary/aromatic N) is 3. The molecule has 1 N–H and O–H groups in total. The first kappa shape index (κ1) is 26.9. The molecule has 194 valence electrons. The van der Waals surface area contributed by atoms with Crippen molar-refractivity contribution in [2.24, 2.45) is 0 Å². The number of amides is 3. The van der Waals surface area contributed by atoms with Gasteiger partial charge in [0.15, 0.2) is 0 Å². The number of carbonyl (C=O) groups excluding carboxylic acids is 3. The van der Waals surface area contributed by atoms with E-state index in [1.165, 1.54) is 9.80 Å². The van der Waals surface area contributed by atoms with Crippen molar-refractivity contribution in [3.05, 3.63) is 78.5 Å². The van der Waals surface area contributed by atoms with Crippen LogP contribution in [0.1, 0.15) is 17.4 Å². The van der Waals surface area contributed by atoms with Crippen molar-refractivity contribution in [3.63, 3.8) is 0 Å². The summed E-state index contributed by atoms with van der Waals surface area (Å²) in [6, 6.07) is 21.4. The average molecular weight is 531 g/mol. The number of rotatable bonds is 6. The minimum atomic E-state index is -1.25. The molecule has 1 aliphatic rings. The van der Waals surface area contributed by atoms with Crippen LogP contribution in [0.2, 0.25) is 0 Å². The molecule has 1 saturated heterocycles. The van der Waals surface area contributed by atoms with Crippen molar-refractivity contribution in [3.8, 4) is 28.0 Å². The molecule has 1 fully saturated rings. The minimum absolute atomic E-state index is 0.111. The second kappa shape index (κ2) is 12.9. The monoisotopic (exact) mass is 530 g/mol. The van der Waals surface area contributed by atoms with E-state index in [-0.39, 0.29) is 25.4 Å². The van der Waals surface area contributed by atoms with E-state index in [9.17, 15) is 18.9 Å². The first-order chi connectivity index (χ1) is 18.5. The summed E-state index contributed by atoms with van der Waals surface area (Å²) in [7, 11) is -0.520. The molecule has 1 atom stereocenters. The molecule has 0 bridgehead atoms. The molecule has 3 aromatic rings. The second-order valence-electron chi connectivity index (χ2n) is 8.50. The number of carbonyl (C=O) groups is 3. The summed E-state index contributed by atoms with van der Waals surface area (Å²) in [4.78, 5) is 46.1. The van der Waals surface area contributed by atoms with E-state index in [4.69, 9.17) is 4.74 Å². The maximum atomic E-state index is 13.3.